The second-order valence-electron chi connectivity index (χ2n) is 8.69. The van der Waals surface area contributed by atoms with Gasteiger partial charge in [-0.2, -0.15) is 0 Å². The van der Waals surface area contributed by atoms with Crippen molar-refractivity contribution in [2.24, 2.45) is 5.92 Å². The van der Waals surface area contributed by atoms with Gasteiger partial charge in [-0.1, -0.05) is 90.1 Å². The van der Waals surface area contributed by atoms with E-state index in [4.69, 9.17) is 4.74 Å². The smallest absolute Gasteiger partial charge is 0.224 e. The first-order valence-corrected chi connectivity index (χ1v) is 11.7. The van der Waals surface area contributed by atoms with Crippen molar-refractivity contribution in [2.45, 2.75) is 32.0 Å². The van der Waals surface area contributed by atoms with Gasteiger partial charge >= 0.3 is 0 Å². The van der Waals surface area contributed by atoms with Crippen LogP contribution in [0.3, 0.4) is 0 Å². The summed E-state index contributed by atoms with van der Waals surface area (Å²) in [5.74, 6) is -0.155. The number of nitrogens with one attached hydrogen (secondary N) is 1. The van der Waals surface area contributed by atoms with E-state index >= 15 is 0 Å². The minimum atomic E-state index is -0.209. The summed E-state index contributed by atoms with van der Waals surface area (Å²) in [6.07, 6.45) is 3.07. The van der Waals surface area contributed by atoms with Gasteiger partial charge in [0.15, 0.2) is 0 Å². The lowest BCUT2D eigenvalue weighted by atomic mass is 9.93. The zero-order chi connectivity index (χ0) is 23.2. The maximum Gasteiger partial charge on any atom is 0.224 e. The molecule has 2 atom stereocenters. The Bertz CT molecular complexity index is 1210. The van der Waals surface area contributed by atoms with Gasteiger partial charge in [-0.25, -0.2) is 4.68 Å². The lowest BCUT2D eigenvalue weighted by Crippen LogP contribution is -2.37. The molecule has 0 bridgehead atoms. The first-order valence-electron chi connectivity index (χ1n) is 11.7. The molecule has 6 nitrogen and oxygen atoms in total. The molecule has 6 heteroatoms. The number of benzene rings is 3. The predicted octanol–water partition coefficient (Wildman–Crippen LogP) is 4.58. The van der Waals surface area contributed by atoms with Crippen molar-refractivity contribution in [2.75, 3.05) is 6.61 Å². The van der Waals surface area contributed by atoms with Crippen molar-refractivity contribution in [3.8, 4) is 11.1 Å². The molecule has 34 heavy (non-hydrogen) atoms. The molecule has 0 unspecified atom stereocenters. The fourth-order valence-corrected chi connectivity index (χ4v) is 4.41. The first kappa shape index (κ1) is 22.0. The maximum absolute atomic E-state index is 13.5. The molecule has 1 N–H and O–H groups in total. The Balaban J connectivity index is 1.37. The average Bonchev–Trinajstić information content (AvgIpc) is 3.33. The van der Waals surface area contributed by atoms with E-state index in [2.05, 4.69) is 52.0 Å². The highest BCUT2D eigenvalue weighted by Gasteiger charge is 2.25. The van der Waals surface area contributed by atoms with Crippen molar-refractivity contribution < 1.29 is 9.53 Å². The van der Waals surface area contributed by atoms with Crippen LogP contribution in [0, 0.1) is 5.92 Å². The number of aromatic nitrogens is 3. The Labute approximate surface area is 199 Å². The molecule has 0 saturated carbocycles. The van der Waals surface area contributed by atoms with Gasteiger partial charge in [0.05, 0.1) is 31.1 Å². The molecule has 0 saturated heterocycles. The average molecular weight is 453 g/mol. The highest BCUT2D eigenvalue weighted by molar-refractivity contribution is 5.79. The van der Waals surface area contributed by atoms with E-state index in [1.165, 1.54) is 11.1 Å². The molecular formula is C28H28N4O2. The standard InChI is InChI=1S/C28H28N4O2/c33-28-25(17-21-11-13-23(14-12-21)22-7-3-1-4-8-22)15-16-32-26(18-29-31-32)19-34-20-27(30-28)24-9-5-2-6-10-24/h1-14,18,25,27H,15-17,19-20H2,(H,30,33)/t25-,27+/m1/s1. The number of hydrogen-bond acceptors (Lipinski definition) is 4. The van der Waals surface area contributed by atoms with Crippen molar-refractivity contribution in [1.29, 1.82) is 0 Å². The normalized spacial score (nSPS) is 19.0. The highest BCUT2D eigenvalue weighted by atomic mass is 16.5. The zero-order valence-electron chi connectivity index (χ0n) is 19.0. The summed E-state index contributed by atoms with van der Waals surface area (Å²) in [5.41, 5.74) is 5.46. The van der Waals surface area contributed by atoms with Gasteiger partial charge in [0.1, 0.15) is 0 Å². The largest absolute Gasteiger partial charge is 0.373 e. The summed E-state index contributed by atoms with van der Waals surface area (Å²) in [6, 6.07) is 28.6. The van der Waals surface area contributed by atoms with Gasteiger partial charge in [-0.15, -0.1) is 5.10 Å². The number of aryl methyl sites for hydroxylation is 1. The molecule has 0 fully saturated rings. The summed E-state index contributed by atoms with van der Waals surface area (Å²) >= 11 is 0. The monoisotopic (exact) mass is 452 g/mol. The molecule has 1 aliphatic heterocycles. The molecule has 172 valence electrons. The van der Waals surface area contributed by atoms with Crippen LogP contribution in [0.1, 0.15) is 29.3 Å². The third kappa shape index (κ3) is 5.24. The number of amides is 1. The Morgan fingerprint density at radius 1 is 0.912 bits per heavy atom. The van der Waals surface area contributed by atoms with E-state index < -0.39 is 0 Å². The van der Waals surface area contributed by atoms with E-state index in [1.807, 2.05) is 53.2 Å². The van der Waals surface area contributed by atoms with E-state index in [0.29, 0.717) is 32.6 Å². The van der Waals surface area contributed by atoms with E-state index in [-0.39, 0.29) is 17.9 Å². The predicted molar refractivity (Wildman–Crippen MR) is 131 cm³/mol. The molecule has 0 spiro atoms. The van der Waals surface area contributed by atoms with Gasteiger partial charge in [0.25, 0.3) is 0 Å². The maximum atomic E-state index is 13.5. The minimum Gasteiger partial charge on any atom is -0.373 e. The Hall–Kier alpha value is -3.77. The molecule has 3 aromatic carbocycles. The number of ether oxygens (including phenoxy) is 1. The Morgan fingerprint density at radius 2 is 1.62 bits per heavy atom. The molecule has 1 amide bonds. The van der Waals surface area contributed by atoms with Gasteiger partial charge in [-0.05, 0) is 35.1 Å². The molecule has 1 aliphatic rings. The lowest BCUT2D eigenvalue weighted by Gasteiger charge is -2.23. The second-order valence-corrected chi connectivity index (χ2v) is 8.69. The number of carbonyl (C=O) groups excluding carboxylic acids is 1. The minimum absolute atomic E-state index is 0.0353. The fourth-order valence-electron chi connectivity index (χ4n) is 4.41. The third-order valence-electron chi connectivity index (χ3n) is 6.35. The van der Waals surface area contributed by atoms with Gasteiger partial charge < -0.3 is 10.1 Å². The molecule has 2 heterocycles. The van der Waals surface area contributed by atoms with E-state index in [9.17, 15) is 4.79 Å². The van der Waals surface area contributed by atoms with Crippen molar-refractivity contribution >= 4 is 5.91 Å². The van der Waals surface area contributed by atoms with Crippen LogP contribution in [0.2, 0.25) is 0 Å². The number of nitrogens with zero attached hydrogens (tertiary/aromatic N) is 3. The van der Waals surface area contributed by atoms with Crippen LogP contribution in [0.4, 0.5) is 0 Å². The summed E-state index contributed by atoms with van der Waals surface area (Å²) in [6.45, 7) is 1.42. The van der Waals surface area contributed by atoms with Crippen LogP contribution < -0.4 is 5.32 Å². The Kier molecular flexibility index (Phi) is 6.77. The van der Waals surface area contributed by atoms with E-state index in [1.54, 1.807) is 6.20 Å². The molecular weight excluding hydrogens is 424 g/mol. The lowest BCUT2D eigenvalue weighted by molar-refractivity contribution is -0.126. The highest BCUT2D eigenvalue weighted by Crippen LogP contribution is 2.23. The fraction of sp³-hybridized carbons (Fsp3) is 0.250. The first-order chi connectivity index (χ1) is 16.8. The van der Waals surface area contributed by atoms with Crippen LogP contribution in [0.15, 0.2) is 91.1 Å². The van der Waals surface area contributed by atoms with Crippen LogP contribution >= 0.6 is 0 Å². The van der Waals surface area contributed by atoms with Gasteiger partial charge in [0, 0.05) is 12.5 Å². The second kappa shape index (κ2) is 10.4. The van der Waals surface area contributed by atoms with Crippen LogP contribution in [0.5, 0.6) is 0 Å². The Morgan fingerprint density at radius 3 is 2.38 bits per heavy atom. The summed E-state index contributed by atoms with van der Waals surface area (Å²) in [4.78, 5) is 13.5. The molecule has 0 aliphatic carbocycles. The van der Waals surface area contributed by atoms with Gasteiger partial charge in [-0.3, -0.25) is 4.79 Å². The van der Waals surface area contributed by atoms with E-state index in [0.717, 1.165) is 16.8 Å². The topological polar surface area (TPSA) is 69.0 Å². The van der Waals surface area contributed by atoms with Crippen molar-refractivity contribution in [3.05, 3.63) is 108 Å². The summed E-state index contributed by atoms with van der Waals surface area (Å²) < 4.78 is 7.81. The molecule has 4 aromatic rings. The quantitative estimate of drug-likeness (QED) is 0.492. The number of fused-ring (bicyclic) bond motifs is 1. The van der Waals surface area contributed by atoms with Crippen LogP contribution in [-0.2, 0) is 29.1 Å². The van der Waals surface area contributed by atoms with Crippen molar-refractivity contribution in [3.63, 3.8) is 0 Å². The number of hydrogen-bond donors (Lipinski definition) is 1. The SMILES string of the molecule is O=C1N[C@H](c2ccccc2)COCc2cnnn2CC[C@@H]1Cc1ccc(-c2ccccc2)cc1. The summed E-state index contributed by atoms with van der Waals surface area (Å²) in [7, 11) is 0. The van der Waals surface area contributed by atoms with Crippen LogP contribution in [0.25, 0.3) is 11.1 Å². The van der Waals surface area contributed by atoms with Crippen molar-refractivity contribution in [1.82, 2.24) is 20.3 Å². The van der Waals surface area contributed by atoms with Gasteiger partial charge in [0.2, 0.25) is 5.91 Å². The molecule has 5 rings (SSSR count). The molecule has 0 radical (unpaired) electrons. The van der Waals surface area contributed by atoms with Crippen LogP contribution in [-0.4, -0.2) is 27.5 Å². The third-order valence-corrected chi connectivity index (χ3v) is 6.35. The number of rotatable bonds is 4. The number of carbonyl (C=O) groups is 1. The molecule has 1 aromatic heterocycles. The summed E-state index contributed by atoms with van der Waals surface area (Å²) in [5, 5.41) is 11.5. The zero-order valence-corrected chi connectivity index (χ0v) is 19.0.